The van der Waals surface area contributed by atoms with Crippen LogP contribution in [0.15, 0.2) is 41.5 Å². The summed E-state index contributed by atoms with van der Waals surface area (Å²) in [5, 5.41) is 0. The quantitative estimate of drug-likeness (QED) is 0.470. The largest absolute Gasteiger partial charge is 0.437 e. The Bertz CT molecular complexity index is 844. The van der Waals surface area contributed by atoms with Crippen LogP contribution in [0.2, 0.25) is 0 Å². The fourth-order valence-corrected chi connectivity index (χ4v) is 2.50. The second kappa shape index (κ2) is 6.27. The van der Waals surface area contributed by atoms with Gasteiger partial charge in [0, 0.05) is 18.2 Å². The molecule has 0 amide bonds. The lowest BCUT2D eigenvalue weighted by Crippen LogP contribution is -2.52. The van der Waals surface area contributed by atoms with Crippen molar-refractivity contribution < 1.29 is 31.8 Å². The molecular weight excluding hydrogens is 344 g/mol. The number of nitrogens with zero attached hydrogens (tertiary/aromatic N) is 2. The van der Waals surface area contributed by atoms with Gasteiger partial charge in [0.2, 0.25) is 12.0 Å². The topological polar surface area (TPSA) is 60.8 Å². The Morgan fingerprint density at radius 1 is 1.32 bits per heavy atom. The summed E-state index contributed by atoms with van der Waals surface area (Å²) in [7, 11) is 0. The second-order valence-corrected chi connectivity index (χ2v) is 5.20. The first kappa shape index (κ1) is 17.1. The minimum absolute atomic E-state index is 0.0247. The molecule has 0 radical (unpaired) electrons. The van der Waals surface area contributed by atoms with Crippen LogP contribution in [0.1, 0.15) is 12.0 Å². The molecule has 1 unspecified atom stereocenters. The molecule has 1 fully saturated rings. The number of aromatic nitrogens is 1. The number of hydrogen-bond acceptors (Lipinski definition) is 5. The third-order valence-corrected chi connectivity index (χ3v) is 3.76. The number of benzene rings is 1. The fraction of sp³-hybridized carbons (Fsp3) is 0.250. The van der Waals surface area contributed by atoms with Crippen LogP contribution in [0.3, 0.4) is 0 Å². The summed E-state index contributed by atoms with van der Waals surface area (Å²) in [5.74, 6) is -1.37. The molecule has 0 bridgehead atoms. The number of halogens is 4. The molecule has 2 heterocycles. The predicted octanol–water partition coefficient (Wildman–Crippen LogP) is 4.16. The number of isocyanates is 1. The summed E-state index contributed by atoms with van der Waals surface area (Å²) >= 11 is 0. The van der Waals surface area contributed by atoms with E-state index in [1.165, 1.54) is 24.4 Å². The van der Waals surface area contributed by atoms with Gasteiger partial charge in [-0.1, -0.05) is 0 Å². The molecule has 1 aliphatic rings. The van der Waals surface area contributed by atoms with Crippen molar-refractivity contribution in [3.63, 3.8) is 0 Å². The average Bonchev–Trinajstić information content (AvgIpc) is 2.49. The van der Waals surface area contributed by atoms with Gasteiger partial charge in [-0.25, -0.2) is 14.2 Å². The number of hydrogen-bond donors (Lipinski definition) is 0. The van der Waals surface area contributed by atoms with Crippen LogP contribution < -0.4 is 4.74 Å². The molecule has 130 valence electrons. The minimum atomic E-state index is -4.76. The van der Waals surface area contributed by atoms with Gasteiger partial charge in [-0.05, 0) is 30.3 Å². The van der Waals surface area contributed by atoms with Crippen molar-refractivity contribution in [2.45, 2.75) is 18.2 Å². The molecule has 0 spiro atoms. The maximum absolute atomic E-state index is 13.6. The van der Waals surface area contributed by atoms with Gasteiger partial charge in [-0.2, -0.15) is 18.2 Å². The van der Waals surface area contributed by atoms with Gasteiger partial charge in [0.25, 0.3) is 0 Å². The van der Waals surface area contributed by atoms with E-state index in [0.29, 0.717) is 6.07 Å². The summed E-state index contributed by atoms with van der Waals surface area (Å²) in [5.41, 5.74) is -3.17. The van der Waals surface area contributed by atoms with Crippen molar-refractivity contribution in [1.82, 2.24) is 4.98 Å². The molecule has 3 rings (SSSR count). The highest BCUT2D eigenvalue weighted by Gasteiger charge is 2.62. The van der Waals surface area contributed by atoms with E-state index in [2.05, 4.69) is 9.98 Å². The van der Waals surface area contributed by atoms with Crippen molar-refractivity contribution in [2.75, 3.05) is 6.61 Å². The zero-order valence-electron chi connectivity index (χ0n) is 12.5. The Hall–Kier alpha value is -2.77. The Morgan fingerprint density at radius 2 is 2.08 bits per heavy atom. The molecule has 1 aliphatic heterocycles. The van der Waals surface area contributed by atoms with Crippen LogP contribution in [0.4, 0.5) is 23.2 Å². The normalized spacial score (nSPS) is 19.7. The van der Waals surface area contributed by atoms with Gasteiger partial charge >= 0.3 is 6.18 Å². The molecule has 1 saturated heterocycles. The highest BCUT2D eigenvalue weighted by molar-refractivity contribution is 5.56. The fourth-order valence-electron chi connectivity index (χ4n) is 2.50. The summed E-state index contributed by atoms with van der Waals surface area (Å²) in [6, 6.07) is 5.54. The van der Waals surface area contributed by atoms with Crippen molar-refractivity contribution in [3.8, 4) is 11.6 Å². The lowest BCUT2D eigenvalue weighted by Gasteiger charge is -2.43. The van der Waals surface area contributed by atoms with E-state index < -0.39 is 23.2 Å². The number of carbonyl (C=O) groups excluding carboxylic acids is 1. The molecule has 0 aliphatic carbocycles. The monoisotopic (exact) mass is 354 g/mol. The highest BCUT2D eigenvalue weighted by atomic mass is 19.4. The van der Waals surface area contributed by atoms with Gasteiger partial charge in [-0.3, -0.25) is 0 Å². The van der Waals surface area contributed by atoms with Crippen molar-refractivity contribution in [3.05, 3.63) is 47.9 Å². The lowest BCUT2D eigenvalue weighted by molar-refractivity contribution is -0.333. The molecule has 1 aromatic heterocycles. The van der Waals surface area contributed by atoms with E-state index in [9.17, 15) is 22.4 Å². The van der Waals surface area contributed by atoms with Crippen LogP contribution in [0.25, 0.3) is 0 Å². The summed E-state index contributed by atoms with van der Waals surface area (Å²) in [6.45, 7) is -0.111. The molecule has 0 saturated carbocycles. The van der Waals surface area contributed by atoms with Gasteiger partial charge in [0.1, 0.15) is 17.3 Å². The van der Waals surface area contributed by atoms with Crippen molar-refractivity contribution in [2.24, 2.45) is 4.99 Å². The standard InChI is InChI=1S/C16H10F4N2O3/c17-10-3-4-13(25-14-12(22-9-23)2-1-6-21-14)11(8-10)15(5-7-24-15)16(18,19)20/h1-4,6,8H,5,7H2. The van der Waals surface area contributed by atoms with E-state index in [-0.39, 0.29) is 30.3 Å². The van der Waals surface area contributed by atoms with E-state index in [4.69, 9.17) is 9.47 Å². The van der Waals surface area contributed by atoms with E-state index in [1.54, 1.807) is 0 Å². The van der Waals surface area contributed by atoms with Gasteiger partial charge in [-0.15, -0.1) is 0 Å². The second-order valence-electron chi connectivity index (χ2n) is 5.20. The number of alkyl halides is 3. The molecule has 2 aromatic rings. The third-order valence-electron chi connectivity index (χ3n) is 3.76. The minimum Gasteiger partial charge on any atom is -0.437 e. The van der Waals surface area contributed by atoms with Gasteiger partial charge in [0.15, 0.2) is 5.60 Å². The smallest absolute Gasteiger partial charge is 0.421 e. The summed E-state index contributed by atoms with van der Waals surface area (Å²) in [6.07, 6.45) is -2.51. The van der Waals surface area contributed by atoms with Gasteiger partial charge < -0.3 is 9.47 Å². The maximum Gasteiger partial charge on any atom is 0.421 e. The van der Waals surface area contributed by atoms with Crippen LogP contribution in [-0.2, 0) is 15.1 Å². The first-order valence-corrected chi connectivity index (χ1v) is 7.09. The Balaban J connectivity index is 2.09. The first-order chi connectivity index (χ1) is 11.9. The third kappa shape index (κ3) is 2.99. The highest BCUT2D eigenvalue weighted by Crippen LogP contribution is 2.53. The lowest BCUT2D eigenvalue weighted by atomic mass is 9.85. The average molecular weight is 354 g/mol. The molecular formula is C16H10F4N2O3. The number of pyridine rings is 1. The SMILES string of the molecule is O=C=Nc1cccnc1Oc1ccc(F)cc1C1(C(F)(F)F)CCO1. The molecule has 0 N–H and O–H groups in total. The number of rotatable bonds is 4. The maximum atomic E-state index is 13.6. The first-order valence-electron chi connectivity index (χ1n) is 7.09. The van der Waals surface area contributed by atoms with Crippen LogP contribution in [-0.4, -0.2) is 23.8 Å². The number of aliphatic imine (C=N–C) groups is 1. The van der Waals surface area contributed by atoms with Crippen LogP contribution in [0, 0.1) is 5.82 Å². The Kier molecular flexibility index (Phi) is 4.28. The zero-order chi connectivity index (χ0) is 18.1. The van der Waals surface area contributed by atoms with Crippen molar-refractivity contribution >= 4 is 11.8 Å². The molecule has 9 heteroatoms. The van der Waals surface area contributed by atoms with E-state index in [0.717, 1.165) is 12.1 Å². The van der Waals surface area contributed by atoms with Crippen LogP contribution >= 0.6 is 0 Å². The Labute approximate surface area is 138 Å². The molecule has 1 atom stereocenters. The summed E-state index contributed by atoms with van der Waals surface area (Å²) < 4.78 is 64.3. The van der Waals surface area contributed by atoms with Crippen molar-refractivity contribution in [1.29, 1.82) is 0 Å². The summed E-state index contributed by atoms with van der Waals surface area (Å²) in [4.78, 5) is 17.7. The Morgan fingerprint density at radius 3 is 2.68 bits per heavy atom. The van der Waals surface area contributed by atoms with Gasteiger partial charge in [0.05, 0.1) is 6.61 Å². The van der Waals surface area contributed by atoms with E-state index in [1.807, 2.05) is 0 Å². The van der Waals surface area contributed by atoms with Crippen LogP contribution in [0.5, 0.6) is 11.6 Å². The molecule has 1 aromatic carbocycles. The molecule has 5 nitrogen and oxygen atoms in total. The van der Waals surface area contributed by atoms with E-state index >= 15 is 0 Å². The predicted molar refractivity (Wildman–Crippen MR) is 76.8 cm³/mol. The number of ether oxygens (including phenoxy) is 2. The zero-order valence-corrected chi connectivity index (χ0v) is 12.5. The molecule has 25 heavy (non-hydrogen) atoms.